The summed E-state index contributed by atoms with van der Waals surface area (Å²) < 4.78 is 16.9. The maximum absolute atomic E-state index is 14.9. The number of carbonyl (C=O) groups is 2. The highest BCUT2D eigenvalue weighted by Gasteiger charge is 2.44. The Morgan fingerprint density at radius 3 is 2.58 bits per heavy atom. The number of carbonyl (C=O) groups excluding carboxylic acids is 2. The topological polar surface area (TPSA) is 99.8 Å². The summed E-state index contributed by atoms with van der Waals surface area (Å²) in [6.07, 6.45) is 9.10. The van der Waals surface area contributed by atoms with Crippen molar-refractivity contribution < 1.29 is 14.0 Å². The first-order valence-electron chi connectivity index (χ1n) is 14.1. The summed E-state index contributed by atoms with van der Waals surface area (Å²) >= 11 is 0. The van der Waals surface area contributed by atoms with Gasteiger partial charge in [0, 0.05) is 41.7 Å². The van der Waals surface area contributed by atoms with E-state index in [2.05, 4.69) is 42.5 Å². The van der Waals surface area contributed by atoms with Crippen LogP contribution in [0.25, 0.3) is 11.1 Å². The first kappa shape index (κ1) is 26.4. The van der Waals surface area contributed by atoms with Crippen molar-refractivity contribution in [2.75, 3.05) is 5.32 Å². The highest BCUT2D eigenvalue weighted by atomic mass is 19.1. The van der Waals surface area contributed by atoms with Gasteiger partial charge in [-0.2, -0.15) is 5.26 Å². The molecule has 0 radical (unpaired) electrons. The van der Waals surface area contributed by atoms with E-state index in [1.54, 1.807) is 12.1 Å². The quantitative estimate of drug-likeness (QED) is 0.445. The van der Waals surface area contributed by atoms with Gasteiger partial charge in [0.05, 0.1) is 6.20 Å². The Balaban J connectivity index is 1.21. The van der Waals surface area contributed by atoms with Crippen molar-refractivity contribution in [1.82, 2.24) is 14.9 Å². The lowest BCUT2D eigenvalue weighted by atomic mass is 9.89. The second kappa shape index (κ2) is 10.5. The van der Waals surface area contributed by atoms with Gasteiger partial charge in [0.2, 0.25) is 11.8 Å². The smallest absolute Gasteiger partial charge is 0.228 e. The highest BCUT2D eigenvalue weighted by molar-refractivity contribution is 5.92. The minimum Gasteiger partial charge on any atom is -0.353 e. The van der Waals surface area contributed by atoms with Crippen LogP contribution in [0.15, 0.2) is 18.3 Å². The van der Waals surface area contributed by atoms with Gasteiger partial charge in [0.1, 0.15) is 23.4 Å². The molecule has 1 aliphatic heterocycles. The molecular formula is C30H38FN5O2. The minimum absolute atomic E-state index is 0.00506. The molecule has 2 saturated carbocycles. The number of aromatic nitrogens is 2. The van der Waals surface area contributed by atoms with Crippen molar-refractivity contribution in [1.29, 1.82) is 5.26 Å². The fraction of sp³-hybridized carbons (Fsp3) is 0.600. The van der Waals surface area contributed by atoms with Crippen molar-refractivity contribution in [3.8, 4) is 17.2 Å². The molecule has 2 unspecified atom stereocenters. The average molecular weight is 520 g/mol. The van der Waals surface area contributed by atoms with Crippen LogP contribution in [0.4, 0.5) is 10.2 Å². The fourth-order valence-electron chi connectivity index (χ4n) is 6.95. The van der Waals surface area contributed by atoms with Crippen LogP contribution in [-0.2, 0) is 22.6 Å². The Hall–Kier alpha value is -3.21. The average Bonchev–Trinajstić information content (AvgIpc) is 3.58. The molecule has 2 amide bonds. The molecule has 202 valence electrons. The Labute approximate surface area is 224 Å². The second-order valence-electron chi connectivity index (χ2n) is 12.3. The van der Waals surface area contributed by atoms with E-state index in [9.17, 15) is 19.2 Å². The monoisotopic (exact) mass is 519 g/mol. The molecule has 0 bridgehead atoms. The van der Waals surface area contributed by atoms with Crippen molar-refractivity contribution in [2.45, 2.75) is 91.1 Å². The molecule has 2 aromatic rings. The van der Waals surface area contributed by atoms with Gasteiger partial charge >= 0.3 is 0 Å². The number of rotatable bonds is 8. The van der Waals surface area contributed by atoms with E-state index in [1.807, 2.05) is 4.57 Å². The fourth-order valence-corrected chi connectivity index (χ4v) is 6.95. The van der Waals surface area contributed by atoms with Crippen LogP contribution < -0.4 is 10.6 Å². The first-order valence-corrected chi connectivity index (χ1v) is 14.1. The van der Waals surface area contributed by atoms with Gasteiger partial charge in [-0.25, -0.2) is 9.37 Å². The van der Waals surface area contributed by atoms with Crippen LogP contribution >= 0.6 is 0 Å². The second-order valence-corrected chi connectivity index (χ2v) is 12.3. The maximum Gasteiger partial charge on any atom is 0.228 e. The summed E-state index contributed by atoms with van der Waals surface area (Å²) in [7, 11) is 0. The van der Waals surface area contributed by atoms with E-state index in [1.165, 1.54) is 0 Å². The SMILES string of the molecule is CCCCCC(=O)NC1C[C@@H]2CC(C(=O)Nc3cc(-c4cc(C#N)n5c4CC(C)(C)C5)c(F)cn3)C[C@@H]2C1. The molecule has 3 aliphatic rings. The number of nitriles is 1. The third-order valence-corrected chi connectivity index (χ3v) is 8.71. The number of hydrogen-bond donors (Lipinski definition) is 2. The van der Waals surface area contributed by atoms with Gasteiger partial charge in [-0.15, -0.1) is 0 Å². The van der Waals surface area contributed by atoms with Gasteiger partial charge in [-0.1, -0.05) is 33.6 Å². The number of pyridine rings is 1. The summed E-state index contributed by atoms with van der Waals surface area (Å²) in [5.41, 5.74) is 2.52. The Morgan fingerprint density at radius 2 is 1.89 bits per heavy atom. The molecule has 2 aliphatic carbocycles. The van der Waals surface area contributed by atoms with Crippen LogP contribution in [0.3, 0.4) is 0 Å². The molecule has 7 nitrogen and oxygen atoms in total. The van der Waals surface area contributed by atoms with Gasteiger partial charge < -0.3 is 15.2 Å². The zero-order valence-electron chi connectivity index (χ0n) is 22.6. The normalized spacial score (nSPS) is 25.0. The molecule has 8 heteroatoms. The lowest BCUT2D eigenvalue weighted by Crippen LogP contribution is -2.33. The predicted molar refractivity (Wildman–Crippen MR) is 143 cm³/mol. The number of anilines is 1. The third-order valence-electron chi connectivity index (χ3n) is 8.71. The van der Waals surface area contributed by atoms with Crippen LogP contribution in [0.1, 0.15) is 83.5 Å². The zero-order chi connectivity index (χ0) is 27.0. The van der Waals surface area contributed by atoms with Gasteiger partial charge in [0.25, 0.3) is 0 Å². The molecule has 3 heterocycles. The molecule has 4 atom stereocenters. The lowest BCUT2D eigenvalue weighted by Gasteiger charge is -2.17. The molecule has 2 N–H and O–H groups in total. The Kier molecular flexibility index (Phi) is 7.30. The van der Waals surface area contributed by atoms with Crippen LogP contribution in [0, 0.1) is 40.3 Å². The van der Waals surface area contributed by atoms with Crippen molar-refractivity contribution in [2.24, 2.45) is 23.2 Å². The first-order chi connectivity index (χ1) is 18.2. The third kappa shape index (κ3) is 5.34. The van der Waals surface area contributed by atoms with Crippen molar-refractivity contribution in [3.05, 3.63) is 35.5 Å². The number of hydrogen-bond acceptors (Lipinski definition) is 4. The standard InChI is InChI=1S/C30H38FN5O2/c1-4-5-6-7-28(37)34-21-10-18-8-20(9-19(18)11-21)29(38)35-27-13-23(25(31)16-33-27)24-12-22(15-32)36-17-30(2,3)14-26(24)36/h12-13,16,18-21H,4-11,14,17H2,1-3H3,(H,34,37)(H,33,35,38)/t18-,19+,20?,21?. The summed E-state index contributed by atoms with van der Waals surface area (Å²) in [5.74, 6) is 0.715. The highest BCUT2D eigenvalue weighted by Crippen LogP contribution is 2.47. The zero-order valence-corrected chi connectivity index (χ0v) is 22.6. The largest absolute Gasteiger partial charge is 0.353 e. The van der Waals surface area contributed by atoms with Gasteiger partial charge in [0.15, 0.2) is 0 Å². The minimum atomic E-state index is -0.469. The number of nitrogens with one attached hydrogen (secondary N) is 2. The summed E-state index contributed by atoms with van der Waals surface area (Å²) in [6.45, 7) is 7.13. The predicted octanol–water partition coefficient (Wildman–Crippen LogP) is 5.58. The lowest BCUT2D eigenvalue weighted by molar-refractivity contribution is -0.122. The molecule has 2 aromatic heterocycles. The van der Waals surface area contributed by atoms with E-state index >= 15 is 0 Å². The van der Waals surface area contributed by atoms with E-state index in [0.717, 1.165) is 69.8 Å². The molecule has 5 rings (SSSR count). The van der Waals surface area contributed by atoms with Crippen LogP contribution in [-0.4, -0.2) is 27.4 Å². The number of amides is 2. The molecule has 0 spiro atoms. The van der Waals surface area contributed by atoms with Crippen molar-refractivity contribution in [3.63, 3.8) is 0 Å². The maximum atomic E-state index is 14.9. The Bertz CT molecular complexity index is 1260. The summed E-state index contributed by atoms with van der Waals surface area (Å²) in [6, 6.07) is 5.79. The number of unbranched alkanes of at least 4 members (excludes halogenated alkanes) is 2. The molecule has 38 heavy (non-hydrogen) atoms. The van der Waals surface area contributed by atoms with Crippen LogP contribution in [0.5, 0.6) is 0 Å². The van der Waals surface area contributed by atoms with E-state index in [4.69, 9.17) is 0 Å². The molecule has 0 aromatic carbocycles. The van der Waals surface area contributed by atoms with E-state index < -0.39 is 5.82 Å². The van der Waals surface area contributed by atoms with Gasteiger partial charge in [-0.05, 0) is 67.9 Å². The van der Waals surface area contributed by atoms with E-state index in [-0.39, 0.29) is 29.2 Å². The van der Waals surface area contributed by atoms with E-state index in [0.29, 0.717) is 40.9 Å². The number of fused-ring (bicyclic) bond motifs is 2. The molecular weight excluding hydrogens is 481 g/mol. The van der Waals surface area contributed by atoms with Gasteiger partial charge in [-0.3, -0.25) is 9.59 Å². The van der Waals surface area contributed by atoms with Crippen LogP contribution in [0.2, 0.25) is 0 Å². The number of nitrogens with zero attached hydrogens (tertiary/aromatic N) is 3. The summed E-state index contributed by atoms with van der Waals surface area (Å²) in [4.78, 5) is 29.5. The summed E-state index contributed by atoms with van der Waals surface area (Å²) in [5, 5.41) is 15.7. The van der Waals surface area contributed by atoms with Crippen molar-refractivity contribution >= 4 is 17.6 Å². The number of halogens is 1. The molecule has 0 saturated heterocycles. The molecule has 2 fully saturated rings. The Morgan fingerprint density at radius 1 is 1.16 bits per heavy atom.